The van der Waals surface area contributed by atoms with E-state index in [1.807, 2.05) is 30.3 Å². The van der Waals surface area contributed by atoms with Crippen LogP contribution in [0.1, 0.15) is 24.8 Å². The lowest BCUT2D eigenvalue weighted by Gasteiger charge is -2.20. The third kappa shape index (κ3) is 5.97. The number of benzene rings is 2. The zero-order chi connectivity index (χ0) is 22.2. The van der Waals surface area contributed by atoms with Gasteiger partial charge in [0.2, 0.25) is 11.8 Å². The van der Waals surface area contributed by atoms with Gasteiger partial charge in [-0.2, -0.15) is 0 Å². The van der Waals surface area contributed by atoms with Crippen LogP contribution in [0, 0.1) is 0 Å². The van der Waals surface area contributed by atoms with E-state index in [1.54, 1.807) is 42.2 Å². The molecular formula is C23H28N4O4. The minimum Gasteiger partial charge on any atom is -0.495 e. The van der Waals surface area contributed by atoms with Crippen LogP contribution < -0.4 is 20.3 Å². The second-order valence-corrected chi connectivity index (χ2v) is 7.41. The molecule has 8 heteroatoms. The third-order valence-corrected chi connectivity index (χ3v) is 5.06. The Hall–Kier alpha value is -3.55. The summed E-state index contributed by atoms with van der Waals surface area (Å²) in [5, 5.41) is 5.57. The van der Waals surface area contributed by atoms with E-state index in [1.165, 1.54) is 0 Å². The lowest BCUT2D eigenvalue weighted by molar-refractivity contribution is -0.117. The highest BCUT2D eigenvalue weighted by atomic mass is 16.5. The normalized spacial score (nSPS) is 13.1. The predicted octanol–water partition coefficient (Wildman–Crippen LogP) is 2.99. The van der Waals surface area contributed by atoms with Crippen molar-refractivity contribution in [3.8, 4) is 5.75 Å². The Morgan fingerprint density at radius 2 is 1.94 bits per heavy atom. The number of amides is 4. The molecule has 31 heavy (non-hydrogen) atoms. The highest BCUT2D eigenvalue weighted by molar-refractivity contribution is 5.98. The number of urea groups is 1. The summed E-state index contributed by atoms with van der Waals surface area (Å²) >= 11 is 0. The summed E-state index contributed by atoms with van der Waals surface area (Å²) in [5.41, 5.74) is 2.26. The molecule has 2 aromatic rings. The molecule has 1 heterocycles. The van der Waals surface area contributed by atoms with Crippen LogP contribution in [0.25, 0.3) is 0 Å². The van der Waals surface area contributed by atoms with Gasteiger partial charge in [-0.1, -0.05) is 30.3 Å². The first-order valence-electron chi connectivity index (χ1n) is 10.3. The molecule has 0 unspecified atom stereocenters. The maximum absolute atomic E-state index is 12.3. The summed E-state index contributed by atoms with van der Waals surface area (Å²) in [6, 6.07) is 14.7. The Bertz CT molecular complexity index is 932. The molecular weight excluding hydrogens is 396 g/mol. The molecule has 0 aromatic heterocycles. The van der Waals surface area contributed by atoms with Gasteiger partial charge >= 0.3 is 6.03 Å². The molecule has 0 atom stereocenters. The minimum atomic E-state index is -0.240. The van der Waals surface area contributed by atoms with Gasteiger partial charge in [-0.3, -0.25) is 9.59 Å². The van der Waals surface area contributed by atoms with Gasteiger partial charge < -0.3 is 25.2 Å². The smallest absolute Gasteiger partial charge is 0.317 e. The Morgan fingerprint density at radius 1 is 1.16 bits per heavy atom. The summed E-state index contributed by atoms with van der Waals surface area (Å²) in [6.45, 7) is 1.34. The largest absolute Gasteiger partial charge is 0.495 e. The van der Waals surface area contributed by atoms with E-state index in [9.17, 15) is 14.4 Å². The summed E-state index contributed by atoms with van der Waals surface area (Å²) in [7, 11) is 3.26. The molecule has 164 valence electrons. The van der Waals surface area contributed by atoms with Crippen LogP contribution in [-0.2, 0) is 16.1 Å². The van der Waals surface area contributed by atoms with Crippen molar-refractivity contribution in [1.82, 2.24) is 10.2 Å². The van der Waals surface area contributed by atoms with E-state index in [4.69, 9.17) is 4.74 Å². The molecule has 1 saturated heterocycles. The highest BCUT2D eigenvalue weighted by Gasteiger charge is 2.24. The van der Waals surface area contributed by atoms with Crippen molar-refractivity contribution in [3.05, 3.63) is 54.1 Å². The molecule has 0 bridgehead atoms. The molecule has 3 rings (SSSR count). The number of rotatable bonds is 8. The van der Waals surface area contributed by atoms with Crippen LogP contribution in [0.15, 0.2) is 48.5 Å². The standard InChI is InChI=1S/C23H28N4O4/c1-26(16-17-7-4-3-5-8-17)23(30)24-13-12-21(28)25-18-10-11-20(31-2)19(15-18)27-14-6-9-22(27)29/h3-5,7-8,10-11,15H,6,9,12-14,16H2,1-2H3,(H,24,30)(H,25,28). The van der Waals surface area contributed by atoms with Crippen LogP contribution in [-0.4, -0.2) is 50.0 Å². The number of anilines is 2. The van der Waals surface area contributed by atoms with Crippen LogP contribution in [0.5, 0.6) is 5.75 Å². The average molecular weight is 425 g/mol. The van der Waals surface area contributed by atoms with Crippen LogP contribution in [0.2, 0.25) is 0 Å². The molecule has 4 amide bonds. The van der Waals surface area contributed by atoms with Crippen molar-refractivity contribution in [3.63, 3.8) is 0 Å². The zero-order valence-corrected chi connectivity index (χ0v) is 17.9. The fourth-order valence-electron chi connectivity index (χ4n) is 3.45. The van der Waals surface area contributed by atoms with E-state index < -0.39 is 0 Å². The molecule has 1 fully saturated rings. The lowest BCUT2D eigenvalue weighted by atomic mass is 10.2. The first-order chi connectivity index (χ1) is 15.0. The van der Waals surface area contributed by atoms with E-state index in [0.717, 1.165) is 12.0 Å². The van der Waals surface area contributed by atoms with E-state index in [2.05, 4.69) is 10.6 Å². The quantitative estimate of drug-likeness (QED) is 0.682. The third-order valence-electron chi connectivity index (χ3n) is 5.06. The van der Waals surface area contributed by atoms with Crippen molar-refractivity contribution >= 4 is 29.2 Å². The molecule has 0 aliphatic carbocycles. The molecule has 1 aliphatic rings. The van der Waals surface area contributed by atoms with Crippen LogP contribution in [0.4, 0.5) is 16.2 Å². The zero-order valence-electron chi connectivity index (χ0n) is 17.9. The van der Waals surface area contributed by atoms with Gasteiger partial charge in [-0.25, -0.2) is 4.79 Å². The van der Waals surface area contributed by atoms with Gasteiger partial charge in [-0.15, -0.1) is 0 Å². The van der Waals surface area contributed by atoms with Crippen molar-refractivity contribution in [2.75, 3.05) is 37.5 Å². The van der Waals surface area contributed by atoms with E-state index in [-0.39, 0.29) is 30.8 Å². The highest BCUT2D eigenvalue weighted by Crippen LogP contribution is 2.34. The van der Waals surface area contributed by atoms with Crippen LogP contribution in [0.3, 0.4) is 0 Å². The summed E-state index contributed by atoms with van der Waals surface area (Å²) in [4.78, 5) is 39.9. The monoisotopic (exact) mass is 424 g/mol. The fraction of sp³-hybridized carbons (Fsp3) is 0.348. The van der Waals surface area contributed by atoms with Gasteiger partial charge in [0.15, 0.2) is 0 Å². The maximum Gasteiger partial charge on any atom is 0.317 e. The second kappa shape index (κ2) is 10.5. The minimum absolute atomic E-state index is 0.0455. The van der Waals surface area contributed by atoms with Crippen molar-refractivity contribution in [2.24, 2.45) is 0 Å². The topological polar surface area (TPSA) is 91.0 Å². The van der Waals surface area contributed by atoms with E-state index in [0.29, 0.717) is 36.6 Å². The summed E-state index contributed by atoms with van der Waals surface area (Å²) < 4.78 is 5.36. The number of hydrogen-bond acceptors (Lipinski definition) is 4. The lowest BCUT2D eigenvalue weighted by Crippen LogP contribution is -2.38. The predicted molar refractivity (Wildman–Crippen MR) is 119 cm³/mol. The first-order valence-corrected chi connectivity index (χ1v) is 10.3. The number of nitrogens with one attached hydrogen (secondary N) is 2. The van der Waals surface area contributed by atoms with Crippen molar-refractivity contribution in [1.29, 1.82) is 0 Å². The van der Waals surface area contributed by atoms with Crippen molar-refractivity contribution in [2.45, 2.75) is 25.8 Å². The number of hydrogen-bond donors (Lipinski definition) is 2. The first kappa shape index (κ1) is 22.1. The molecule has 2 aromatic carbocycles. The number of carbonyl (C=O) groups is 3. The molecule has 2 N–H and O–H groups in total. The second-order valence-electron chi connectivity index (χ2n) is 7.41. The number of ether oxygens (including phenoxy) is 1. The Labute approximate surface area is 182 Å². The van der Waals surface area contributed by atoms with Crippen molar-refractivity contribution < 1.29 is 19.1 Å². The molecule has 8 nitrogen and oxygen atoms in total. The maximum atomic E-state index is 12.3. The van der Waals surface area contributed by atoms with E-state index >= 15 is 0 Å². The van der Waals surface area contributed by atoms with Gasteiger partial charge in [0.05, 0.1) is 12.8 Å². The Balaban J connectivity index is 1.49. The SMILES string of the molecule is COc1ccc(NC(=O)CCNC(=O)N(C)Cc2ccccc2)cc1N1CCCC1=O. The van der Waals surface area contributed by atoms with Gasteiger partial charge in [0, 0.05) is 45.2 Å². The number of methoxy groups -OCH3 is 1. The van der Waals surface area contributed by atoms with Crippen LogP contribution >= 0.6 is 0 Å². The van der Waals surface area contributed by atoms with Gasteiger partial charge in [0.25, 0.3) is 0 Å². The molecule has 1 aliphatic heterocycles. The Morgan fingerprint density at radius 3 is 2.61 bits per heavy atom. The molecule has 0 saturated carbocycles. The average Bonchev–Trinajstić information content (AvgIpc) is 3.20. The number of nitrogens with zero attached hydrogens (tertiary/aromatic N) is 2. The van der Waals surface area contributed by atoms with Gasteiger partial charge in [0.1, 0.15) is 5.75 Å². The molecule has 0 radical (unpaired) electrons. The Kier molecular flexibility index (Phi) is 7.48. The van der Waals surface area contributed by atoms with Gasteiger partial charge in [-0.05, 0) is 30.2 Å². The number of carbonyl (C=O) groups excluding carboxylic acids is 3. The summed E-state index contributed by atoms with van der Waals surface area (Å²) in [6.07, 6.45) is 1.45. The summed E-state index contributed by atoms with van der Waals surface area (Å²) in [5.74, 6) is 0.404. The fourth-order valence-corrected chi connectivity index (χ4v) is 3.45. The molecule has 0 spiro atoms.